The van der Waals surface area contributed by atoms with Crippen molar-refractivity contribution in [2.75, 3.05) is 11.4 Å². The van der Waals surface area contributed by atoms with Gasteiger partial charge in [-0.15, -0.1) is 0 Å². The third kappa shape index (κ3) is 1.59. The lowest BCUT2D eigenvalue weighted by Crippen LogP contribution is -2.39. The number of carbonyl (C=O) groups is 1. The Kier molecular flexibility index (Phi) is 2.31. The molecule has 2 unspecified atom stereocenters. The number of rotatable bonds is 1. The first kappa shape index (κ1) is 10.6. The maximum Gasteiger partial charge on any atom is 0.308 e. The first-order chi connectivity index (χ1) is 8.16. The quantitative estimate of drug-likeness (QED) is 0.810. The number of aryl methyl sites for hydroxylation is 1. The molecule has 1 N–H and O–H groups in total. The van der Waals surface area contributed by atoms with Crippen LogP contribution in [0.2, 0.25) is 0 Å². The lowest BCUT2D eigenvalue weighted by molar-refractivity contribution is -0.141. The second kappa shape index (κ2) is 3.72. The Balaban J connectivity index is 1.96. The minimum Gasteiger partial charge on any atom is -0.481 e. The van der Waals surface area contributed by atoms with E-state index in [0.29, 0.717) is 6.42 Å². The number of anilines is 1. The van der Waals surface area contributed by atoms with E-state index in [1.165, 1.54) is 6.07 Å². The number of hydrogen-bond acceptors (Lipinski definition) is 2. The van der Waals surface area contributed by atoms with E-state index in [9.17, 15) is 9.18 Å². The highest BCUT2D eigenvalue weighted by Crippen LogP contribution is 2.39. The lowest BCUT2D eigenvalue weighted by Gasteiger charge is -2.35. The SMILES string of the molecule is O=C(O)C1CCN2c3ccc(F)cc3CCC12. The van der Waals surface area contributed by atoms with Crippen LogP contribution in [0.4, 0.5) is 10.1 Å². The summed E-state index contributed by atoms with van der Waals surface area (Å²) in [5, 5.41) is 9.16. The molecule has 0 radical (unpaired) electrons. The molecule has 2 aliphatic heterocycles. The van der Waals surface area contributed by atoms with E-state index in [2.05, 4.69) is 4.90 Å². The molecule has 3 rings (SSSR count). The molecule has 1 aromatic carbocycles. The summed E-state index contributed by atoms with van der Waals surface area (Å²) in [6.07, 6.45) is 2.28. The zero-order valence-corrected chi connectivity index (χ0v) is 9.40. The normalized spacial score (nSPS) is 26.5. The van der Waals surface area contributed by atoms with E-state index in [-0.39, 0.29) is 17.8 Å². The van der Waals surface area contributed by atoms with E-state index < -0.39 is 5.97 Å². The van der Waals surface area contributed by atoms with Gasteiger partial charge in [-0.3, -0.25) is 4.79 Å². The molecule has 4 heteroatoms. The number of benzene rings is 1. The number of carboxylic acid groups (broad SMARTS) is 1. The van der Waals surface area contributed by atoms with Gasteiger partial charge in [0.1, 0.15) is 5.82 Å². The average molecular weight is 235 g/mol. The zero-order valence-electron chi connectivity index (χ0n) is 9.40. The maximum atomic E-state index is 13.1. The lowest BCUT2D eigenvalue weighted by atomic mass is 9.90. The maximum absolute atomic E-state index is 13.1. The second-order valence-corrected chi connectivity index (χ2v) is 4.81. The van der Waals surface area contributed by atoms with Crippen LogP contribution in [0.1, 0.15) is 18.4 Å². The number of halogens is 1. The molecule has 2 atom stereocenters. The summed E-state index contributed by atoms with van der Waals surface area (Å²) in [7, 11) is 0. The highest BCUT2D eigenvalue weighted by molar-refractivity contribution is 5.74. The van der Waals surface area contributed by atoms with Crippen molar-refractivity contribution in [3.05, 3.63) is 29.6 Å². The van der Waals surface area contributed by atoms with Gasteiger partial charge in [-0.25, -0.2) is 4.39 Å². The Bertz CT molecular complexity index is 474. The topological polar surface area (TPSA) is 40.5 Å². The van der Waals surface area contributed by atoms with Crippen LogP contribution < -0.4 is 4.90 Å². The molecule has 3 nitrogen and oxygen atoms in total. The van der Waals surface area contributed by atoms with Crippen molar-refractivity contribution >= 4 is 11.7 Å². The fraction of sp³-hybridized carbons (Fsp3) is 0.462. The van der Waals surface area contributed by atoms with Gasteiger partial charge in [0.15, 0.2) is 0 Å². The minimum absolute atomic E-state index is 0.0884. The van der Waals surface area contributed by atoms with E-state index in [0.717, 1.165) is 30.6 Å². The van der Waals surface area contributed by atoms with Crippen LogP contribution in [0.5, 0.6) is 0 Å². The molecule has 2 aliphatic rings. The predicted octanol–water partition coefficient (Wildman–Crippen LogP) is 2.05. The highest BCUT2D eigenvalue weighted by Gasteiger charge is 2.41. The van der Waals surface area contributed by atoms with Gasteiger partial charge in [0.25, 0.3) is 0 Å². The predicted molar refractivity (Wildman–Crippen MR) is 61.6 cm³/mol. The Morgan fingerprint density at radius 1 is 1.41 bits per heavy atom. The summed E-state index contributed by atoms with van der Waals surface area (Å²) in [5.41, 5.74) is 2.03. The summed E-state index contributed by atoms with van der Waals surface area (Å²) in [4.78, 5) is 13.3. The molecule has 17 heavy (non-hydrogen) atoms. The van der Waals surface area contributed by atoms with Crippen molar-refractivity contribution in [2.45, 2.75) is 25.3 Å². The average Bonchev–Trinajstić information content (AvgIpc) is 2.72. The number of fused-ring (bicyclic) bond motifs is 3. The minimum atomic E-state index is -0.705. The van der Waals surface area contributed by atoms with Gasteiger partial charge in [0.05, 0.1) is 5.92 Å². The van der Waals surface area contributed by atoms with E-state index in [4.69, 9.17) is 5.11 Å². The van der Waals surface area contributed by atoms with E-state index >= 15 is 0 Å². The monoisotopic (exact) mass is 235 g/mol. The fourth-order valence-corrected chi connectivity index (χ4v) is 3.14. The molecule has 1 saturated heterocycles. The summed E-state index contributed by atoms with van der Waals surface area (Å²) in [6.45, 7) is 0.764. The zero-order chi connectivity index (χ0) is 12.0. The highest BCUT2D eigenvalue weighted by atomic mass is 19.1. The Hall–Kier alpha value is -1.58. The second-order valence-electron chi connectivity index (χ2n) is 4.81. The van der Waals surface area contributed by atoms with Crippen LogP contribution in [0.3, 0.4) is 0 Å². The molecule has 2 heterocycles. The molecule has 1 fully saturated rings. The van der Waals surface area contributed by atoms with Crippen molar-refractivity contribution in [1.82, 2.24) is 0 Å². The molecule has 90 valence electrons. The number of nitrogens with zero attached hydrogens (tertiary/aromatic N) is 1. The molecule has 1 aromatic rings. The molecule has 0 spiro atoms. The largest absolute Gasteiger partial charge is 0.481 e. The Labute approximate surface area is 98.9 Å². The number of hydrogen-bond donors (Lipinski definition) is 1. The molecule has 0 amide bonds. The van der Waals surface area contributed by atoms with Gasteiger partial charge in [0, 0.05) is 18.3 Å². The summed E-state index contributed by atoms with van der Waals surface area (Å²) in [5.74, 6) is -1.19. The number of aliphatic carboxylic acids is 1. The van der Waals surface area contributed by atoms with Crippen molar-refractivity contribution in [3.63, 3.8) is 0 Å². The van der Waals surface area contributed by atoms with Gasteiger partial charge >= 0.3 is 5.97 Å². The summed E-state index contributed by atoms with van der Waals surface area (Å²) >= 11 is 0. The van der Waals surface area contributed by atoms with Gasteiger partial charge in [-0.2, -0.15) is 0 Å². The first-order valence-corrected chi connectivity index (χ1v) is 5.94. The molecular weight excluding hydrogens is 221 g/mol. The van der Waals surface area contributed by atoms with Gasteiger partial charge in [-0.1, -0.05) is 0 Å². The molecule has 0 aliphatic carbocycles. The van der Waals surface area contributed by atoms with E-state index in [1.54, 1.807) is 12.1 Å². The van der Waals surface area contributed by atoms with Crippen molar-refractivity contribution < 1.29 is 14.3 Å². The van der Waals surface area contributed by atoms with Gasteiger partial charge in [-0.05, 0) is 43.0 Å². The van der Waals surface area contributed by atoms with Crippen molar-refractivity contribution in [2.24, 2.45) is 5.92 Å². The smallest absolute Gasteiger partial charge is 0.308 e. The summed E-state index contributed by atoms with van der Waals surface area (Å²) < 4.78 is 13.1. The molecule has 0 bridgehead atoms. The molecule has 0 saturated carbocycles. The third-order valence-corrected chi connectivity index (χ3v) is 3.92. The van der Waals surface area contributed by atoms with Crippen LogP contribution in [0.25, 0.3) is 0 Å². The Morgan fingerprint density at radius 2 is 2.24 bits per heavy atom. The van der Waals surface area contributed by atoms with Crippen LogP contribution in [0, 0.1) is 11.7 Å². The summed E-state index contributed by atoms with van der Waals surface area (Å²) in [6, 6.07) is 4.89. The first-order valence-electron chi connectivity index (χ1n) is 5.94. The van der Waals surface area contributed by atoms with Gasteiger partial charge < -0.3 is 10.0 Å². The molecule has 0 aromatic heterocycles. The van der Waals surface area contributed by atoms with Gasteiger partial charge in [0.2, 0.25) is 0 Å². The van der Waals surface area contributed by atoms with E-state index in [1.807, 2.05) is 0 Å². The standard InChI is InChI=1S/C13H14FNO2/c14-9-2-4-11-8(7-9)1-3-12-10(13(16)17)5-6-15(11)12/h2,4,7,10,12H,1,3,5-6H2,(H,16,17). The number of carboxylic acids is 1. The molecular formula is C13H14FNO2. The van der Waals surface area contributed by atoms with Crippen LogP contribution >= 0.6 is 0 Å². The van der Waals surface area contributed by atoms with Crippen LogP contribution in [-0.4, -0.2) is 23.7 Å². The van der Waals surface area contributed by atoms with Crippen LogP contribution in [0.15, 0.2) is 18.2 Å². The Morgan fingerprint density at radius 3 is 3.00 bits per heavy atom. The van der Waals surface area contributed by atoms with Crippen molar-refractivity contribution in [1.29, 1.82) is 0 Å². The third-order valence-electron chi connectivity index (χ3n) is 3.92. The van der Waals surface area contributed by atoms with Crippen molar-refractivity contribution in [3.8, 4) is 0 Å². The fourth-order valence-electron chi connectivity index (χ4n) is 3.14. The van der Waals surface area contributed by atoms with Crippen LogP contribution in [-0.2, 0) is 11.2 Å².